The van der Waals surface area contributed by atoms with E-state index < -0.39 is 11.9 Å². The van der Waals surface area contributed by atoms with Crippen molar-refractivity contribution in [3.63, 3.8) is 0 Å². The fourth-order valence-electron chi connectivity index (χ4n) is 0.694. The van der Waals surface area contributed by atoms with Gasteiger partial charge in [0.2, 0.25) is 5.91 Å². The Balaban J connectivity index is 2.32. The molecule has 1 fully saturated rings. The summed E-state index contributed by atoms with van der Waals surface area (Å²) < 4.78 is 4.82. The van der Waals surface area contributed by atoms with Gasteiger partial charge in [0.1, 0.15) is 0 Å². The molecule has 1 atom stereocenters. The van der Waals surface area contributed by atoms with Crippen LogP contribution in [0.5, 0.6) is 0 Å². The fraction of sp³-hybridized carbons (Fsp3) is 0.800. The average Bonchev–Trinajstić information content (AvgIpc) is 1.60. The predicted molar refractivity (Wildman–Crippen MR) is 31.5 cm³/mol. The lowest BCUT2D eigenvalue weighted by Crippen LogP contribution is -2.50. The normalized spacial score (nSPS) is 22.8. The van der Waals surface area contributed by atoms with Crippen molar-refractivity contribution in [1.29, 1.82) is 0 Å². The zero-order valence-electron chi connectivity index (χ0n) is 5.04. The van der Waals surface area contributed by atoms with Crippen LogP contribution in [0.2, 0.25) is 0 Å². The zero-order valence-corrected chi connectivity index (χ0v) is 5.04. The van der Waals surface area contributed by atoms with Gasteiger partial charge in [0.15, 0.2) is 0 Å². The zero-order chi connectivity index (χ0) is 6.85. The molecule has 52 valence electrons. The van der Waals surface area contributed by atoms with Crippen molar-refractivity contribution < 1.29 is 9.53 Å². The maximum atomic E-state index is 10.4. The number of amides is 1. The molecule has 9 heavy (non-hydrogen) atoms. The smallest absolute Gasteiger partial charge is 0.234 e. The lowest BCUT2D eigenvalue weighted by atomic mass is 9.99. The van der Waals surface area contributed by atoms with Gasteiger partial charge in [0.25, 0.3) is 0 Å². The van der Waals surface area contributed by atoms with Gasteiger partial charge in [0.05, 0.1) is 19.3 Å². The van der Waals surface area contributed by atoms with Crippen molar-refractivity contribution >= 4 is 5.91 Å². The maximum absolute atomic E-state index is 10.4. The van der Waals surface area contributed by atoms with Crippen LogP contribution in [0.15, 0.2) is 0 Å². The summed E-state index contributed by atoms with van der Waals surface area (Å²) >= 11 is 0. The van der Waals surface area contributed by atoms with Crippen LogP contribution in [0.3, 0.4) is 0 Å². The number of hydrogen-bond acceptors (Lipinski definition) is 3. The van der Waals surface area contributed by atoms with Gasteiger partial charge >= 0.3 is 0 Å². The quantitative estimate of drug-likeness (QED) is 0.474. The molecule has 1 rings (SSSR count). The average molecular weight is 130 g/mol. The summed E-state index contributed by atoms with van der Waals surface area (Å²) in [6.45, 7) is 1.15. The summed E-state index contributed by atoms with van der Waals surface area (Å²) in [6.07, 6.45) is 0. The summed E-state index contributed by atoms with van der Waals surface area (Å²) in [4.78, 5) is 10.4. The molecule has 4 nitrogen and oxygen atoms in total. The van der Waals surface area contributed by atoms with Crippen molar-refractivity contribution in [2.45, 2.75) is 6.04 Å². The number of nitrogens with two attached hydrogens (primary N) is 2. The lowest BCUT2D eigenvalue weighted by Gasteiger charge is -2.29. The summed E-state index contributed by atoms with van der Waals surface area (Å²) in [5, 5.41) is 0. The highest BCUT2D eigenvalue weighted by atomic mass is 16.5. The molecule has 4 heteroatoms. The molecule has 1 amide bonds. The van der Waals surface area contributed by atoms with E-state index >= 15 is 0 Å². The van der Waals surface area contributed by atoms with Crippen LogP contribution in [0.1, 0.15) is 0 Å². The molecule has 4 N–H and O–H groups in total. The van der Waals surface area contributed by atoms with Gasteiger partial charge in [0, 0.05) is 5.92 Å². The van der Waals surface area contributed by atoms with Gasteiger partial charge in [-0.1, -0.05) is 0 Å². The van der Waals surface area contributed by atoms with Gasteiger partial charge in [-0.3, -0.25) is 4.79 Å². The molecule has 0 spiro atoms. The van der Waals surface area contributed by atoms with Gasteiger partial charge in [-0.2, -0.15) is 0 Å². The summed E-state index contributed by atoms with van der Waals surface area (Å²) in [5.74, 6) is -0.286. The Morgan fingerprint density at radius 1 is 1.67 bits per heavy atom. The molecule has 1 unspecified atom stereocenters. The number of primary amides is 1. The monoisotopic (exact) mass is 130 g/mol. The van der Waals surface area contributed by atoms with Crippen LogP contribution in [-0.4, -0.2) is 25.2 Å². The Morgan fingerprint density at radius 3 is 2.33 bits per heavy atom. The fourth-order valence-corrected chi connectivity index (χ4v) is 0.694. The maximum Gasteiger partial charge on any atom is 0.234 e. The molecular weight excluding hydrogens is 120 g/mol. The van der Waals surface area contributed by atoms with Gasteiger partial charge in [-0.05, 0) is 0 Å². The van der Waals surface area contributed by atoms with E-state index in [2.05, 4.69) is 0 Å². The third-order valence-corrected chi connectivity index (χ3v) is 1.50. The second-order valence-corrected chi connectivity index (χ2v) is 2.23. The lowest BCUT2D eigenvalue weighted by molar-refractivity contribution is -0.125. The summed E-state index contributed by atoms with van der Waals surface area (Å²) in [6, 6.07) is -0.515. The van der Waals surface area contributed by atoms with Crippen molar-refractivity contribution in [2.75, 3.05) is 13.2 Å². The molecule has 1 saturated heterocycles. The third kappa shape index (κ3) is 1.20. The van der Waals surface area contributed by atoms with Crippen molar-refractivity contribution in [2.24, 2.45) is 17.4 Å². The second kappa shape index (κ2) is 2.33. The molecule has 0 aromatic rings. The largest absolute Gasteiger partial charge is 0.381 e. The van der Waals surface area contributed by atoms with Crippen LogP contribution in [0.25, 0.3) is 0 Å². The molecule has 0 saturated carbocycles. The van der Waals surface area contributed by atoms with Gasteiger partial charge in [-0.15, -0.1) is 0 Å². The Kier molecular flexibility index (Phi) is 1.68. The van der Waals surface area contributed by atoms with Crippen molar-refractivity contribution in [1.82, 2.24) is 0 Å². The van der Waals surface area contributed by atoms with E-state index in [0.717, 1.165) is 0 Å². The number of carbonyl (C=O) groups excluding carboxylic acids is 1. The molecule has 0 aromatic carbocycles. The first-order valence-corrected chi connectivity index (χ1v) is 2.84. The highest BCUT2D eigenvalue weighted by Crippen LogP contribution is 2.12. The number of ether oxygens (including phenoxy) is 1. The summed E-state index contributed by atoms with van der Waals surface area (Å²) in [7, 11) is 0. The van der Waals surface area contributed by atoms with Crippen LogP contribution < -0.4 is 11.5 Å². The van der Waals surface area contributed by atoms with Crippen LogP contribution in [-0.2, 0) is 9.53 Å². The first-order valence-electron chi connectivity index (χ1n) is 2.84. The van der Waals surface area contributed by atoms with E-state index in [4.69, 9.17) is 16.2 Å². The minimum Gasteiger partial charge on any atom is -0.381 e. The molecule has 0 aliphatic carbocycles. The highest BCUT2D eigenvalue weighted by molar-refractivity contribution is 5.80. The molecule has 0 radical (unpaired) electrons. The minimum atomic E-state index is -0.515. The van der Waals surface area contributed by atoms with Gasteiger partial charge in [-0.25, -0.2) is 0 Å². The topological polar surface area (TPSA) is 78.3 Å². The molecule has 1 heterocycles. The molecule has 1 aliphatic rings. The van der Waals surface area contributed by atoms with E-state index in [0.29, 0.717) is 13.2 Å². The minimum absolute atomic E-state index is 0.155. The Hall–Kier alpha value is -0.610. The second-order valence-electron chi connectivity index (χ2n) is 2.23. The molecule has 1 aliphatic heterocycles. The third-order valence-electron chi connectivity index (χ3n) is 1.50. The molecular formula is C5H10N2O2. The molecule has 0 aromatic heterocycles. The van der Waals surface area contributed by atoms with Crippen LogP contribution in [0, 0.1) is 5.92 Å². The van der Waals surface area contributed by atoms with E-state index in [9.17, 15) is 4.79 Å². The first-order chi connectivity index (χ1) is 4.22. The van der Waals surface area contributed by atoms with Crippen molar-refractivity contribution in [3.8, 4) is 0 Å². The van der Waals surface area contributed by atoms with Gasteiger partial charge < -0.3 is 16.2 Å². The highest BCUT2D eigenvalue weighted by Gasteiger charge is 2.28. The van der Waals surface area contributed by atoms with E-state index in [1.165, 1.54) is 0 Å². The van der Waals surface area contributed by atoms with E-state index in [1.807, 2.05) is 0 Å². The first kappa shape index (κ1) is 6.51. The SMILES string of the molecule is NC(=O)C(N)C1COC1. The van der Waals surface area contributed by atoms with E-state index in [1.54, 1.807) is 0 Å². The van der Waals surface area contributed by atoms with E-state index in [-0.39, 0.29) is 5.92 Å². The predicted octanol–water partition coefficient (Wildman–Crippen LogP) is -1.55. The van der Waals surface area contributed by atoms with Crippen LogP contribution >= 0.6 is 0 Å². The Morgan fingerprint density at radius 2 is 2.22 bits per heavy atom. The molecule has 0 bridgehead atoms. The Bertz CT molecular complexity index is 122. The number of rotatable bonds is 2. The standard InChI is InChI=1S/C5H10N2O2/c6-4(5(7)8)3-1-9-2-3/h3-4H,1-2,6H2,(H2,7,8). The van der Waals surface area contributed by atoms with Crippen molar-refractivity contribution in [3.05, 3.63) is 0 Å². The number of carbonyl (C=O) groups is 1. The van der Waals surface area contributed by atoms with Crippen LogP contribution in [0.4, 0.5) is 0 Å². The number of hydrogen-bond donors (Lipinski definition) is 2. The summed E-state index contributed by atoms with van der Waals surface area (Å²) in [5.41, 5.74) is 10.3. The Labute approximate surface area is 53.1 Å².